The van der Waals surface area contributed by atoms with E-state index in [0.717, 1.165) is 30.3 Å². The largest absolute Gasteiger partial charge is 0.352 e. The number of likely N-dealkylation sites (tertiary alicyclic amines) is 1. The van der Waals surface area contributed by atoms with E-state index in [1.807, 2.05) is 36.4 Å². The molecular weight excluding hydrogens is 272 g/mol. The van der Waals surface area contributed by atoms with E-state index in [2.05, 4.69) is 16.3 Å². The van der Waals surface area contributed by atoms with Crippen LogP contribution in [-0.2, 0) is 0 Å². The molecule has 0 spiro atoms. The normalized spacial score (nSPS) is 15.3. The van der Waals surface area contributed by atoms with Crippen molar-refractivity contribution in [1.29, 1.82) is 0 Å². The molecule has 22 heavy (non-hydrogen) atoms. The monoisotopic (exact) mass is 296 g/mol. The van der Waals surface area contributed by atoms with Gasteiger partial charge in [0.05, 0.1) is 0 Å². The number of hydrogen-bond donors (Lipinski definition) is 1. The number of nitrogens with zero attached hydrogens (tertiary/aromatic N) is 1. The molecule has 0 bridgehead atoms. The molecule has 0 radical (unpaired) electrons. The zero-order valence-electron chi connectivity index (χ0n) is 13.1. The molecule has 2 aromatic carbocycles. The first kappa shape index (κ1) is 15.0. The molecule has 1 heterocycles. The number of fused-ring (bicyclic) bond motifs is 1. The summed E-state index contributed by atoms with van der Waals surface area (Å²) in [6, 6.07) is 14.0. The molecular formula is C19H24N2O. The van der Waals surface area contributed by atoms with Crippen molar-refractivity contribution in [1.82, 2.24) is 10.2 Å². The SMILES string of the molecule is O=C(NCCCCN1CCCC1)c1ccc2ccccc2c1. The topological polar surface area (TPSA) is 32.3 Å². The fourth-order valence-electron chi connectivity index (χ4n) is 3.10. The minimum absolute atomic E-state index is 0.0342. The summed E-state index contributed by atoms with van der Waals surface area (Å²) in [6.45, 7) is 4.44. The third kappa shape index (κ3) is 3.86. The number of unbranched alkanes of at least 4 members (excludes halogenated alkanes) is 1. The molecule has 3 nitrogen and oxygen atoms in total. The Morgan fingerprint density at radius 3 is 2.59 bits per heavy atom. The number of carbonyl (C=O) groups excluding carboxylic acids is 1. The molecule has 1 aliphatic heterocycles. The van der Waals surface area contributed by atoms with Crippen LogP contribution in [0.2, 0.25) is 0 Å². The van der Waals surface area contributed by atoms with E-state index in [-0.39, 0.29) is 5.91 Å². The Balaban J connectivity index is 1.44. The second-order valence-electron chi connectivity index (χ2n) is 6.07. The summed E-state index contributed by atoms with van der Waals surface area (Å²) in [5.41, 5.74) is 0.748. The quantitative estimate of drug-likeness (QED) is 0.828. The Morgan fingerprint density at radius 2 is 1.77 bits per heavy atom. The number of benzene rings is 2. The molecule has 0 saturated carbocycles. The fraction of sp³-hybridized carbons (Fsp3) is 0.421. The van der Waals surface area contributed by atoms with Gasteiger partial charge in [0.25, 0.3) is 5.91 Å². The standard InChI is InChI=1S/C19H24N2O/c22-19(20-11-3-4-12-21-13-5-6-14-21)18-10-9-16-7-1-2-8-17(16)15-18/h1-2,7-10,15H,3-6,11-14H2,(H,20,22). The van der Waals surface area contributed by atoms with Gasteiger partial charge in [0.2, 0.25) is 0 Å². The molecule has 1 N–H and O–H groups in total. The molecule has 1 saturated heterocycles. The number of rotatable bonds is 6. The first-order valence-corrected chi connectivity index (χ1v) is 8.32. The van der Waals surface area contributed by atoms with E-state index in [1.54, 1.807) is 0 Å². The van der Waals surface area contributed by atoms with Gasteiger partial charge in [-0.15, -0.1) is 0 Å². The average Bonchev–Trinajstić information content (AvgIpc) is 3.07. The van der Waals surface area contributed by atoms with Gasteiger partial charge in [-0.05, 0) is 68.2 Å². The summed E-state index contributed by atoms with van der Waals surface area (Å²) in [7, 11) is 0. The molecule has 0 aliphatic carbocycles. The molecule has 2 aromatic rings. The molecule has 1 aliphatic rings. The molecule has 0 aromatic heterocycles. The minimum atomic E-state index is 0.0342. The Bertz CT molecular complexity index is 632. The van der Waals surface area contributed by atoms with E-state index < -0.39 is 0 Å². The molecule has 3 rings (SSSR count). The highest BCUT2D eigenvalue weighted by Gasteiger charge is 2.10. The third-order valence-electron chi connectivity index (χ3n) is 4.40. The molecule has 0 atom stereocenters. The molecule has 0 unspecified atom stereocenters. The fourth-order valence-corrected chi connectivity index (χ4v) is 3.10. The van der Waals surface area contributed by atoms with Crippen LogP contribution in [0.15, 0.2) is 42.5 Å². The van der Waals surface area contributed by atoms with Gasteiger partial charge in [-0.25, -0.2) is 0 Å². The van der Waals surface area contributed by atoms with E-state index in [9.17, 15) is 4.79 Å². The van der Waals surface area contributed by atoms with Crippen LogP contribution in [0.3, 0.4) is 0 Å². The van der Waals surface area contributed by atoms with Crippen LogP contribution in [0.4, 0.5) is 0 Å². The van der Waals surface area contributed by atoms with Gasteiger partial charge in [0.15, 0.2) is 0 Å². The van der Waals surface area contributed by atoms with Crippen molar-refractivity contribution in [3.05, 3.63) is 48.0 Å². The number of nitrogens with one attached hydrogen (secondary N) is 1. The maximum atomic E-state index is 12.2. The highest BCUT2D eigenvalue weighted by Crippen LogP contribution is 2.15. The Morgan fingerprint density at radius 1 is 1.00 bits per heavy atom. The molecule has 116 valence electrons. The van der Waals surface area contributed by atoms with E-state index in [0.29, 0.717) is 0 Å². The Labute approximate surface area is 132 Å². The highest BCUT2D eigenvalue weighted by atomic mass is 16.1. The maximum absolute atomic E-state index is 12.2. The second kappa shape index (κ2) is 7.41. The molecule has 1 fully saturated rings. The maximum Gasteiger partial charge on any atom is 0.251 e. The van der Waals surface area contributed by atoms with Crippen molar-refractivity contribution >= 4 is 16.7 Å². The van der Waals surface area contributed by atoms with Crippen LogP contribution in [0.1, 0.15) is 36.0 Å². The average molecular weight is 296 g/mol. The highest BCUT2D eigenvalue weighted by molar-refractivity contribution is 5.98. The summed E-state index contributed by atoms with van der Waals surface area (Å²) in [5.74, 6) is 0.0342. The van der Waals surface area contributed by atoms with Crippen LogP contribution < -0.4 is 5.32 Å². The van der Waals surface area contributed by atoms with Gasteiger partial charge in [0.1, 0.15) is 0 Å². The van der Waals surface area contributed by atoms with Crippen LogP contribution in [0.25, 0.3) is 10.8 Å². The van der Waals surface area contributed by atoms with Gasteiger partial charge in [-0.1, -0.05) is 30.3 Å². The lowest BCUT2D eigenvalue weighted by atomic mass is 10.1. The predicted molar refractivity (Wildman–Crippen MR) is 91.2 cm³/mol. The number of carbonyl (C=O) groups is 1. The van der Waals surface area contributed by atoms with E-state index in [1.165, 1.54) is 37.9 Å². The molecule has 3 heteroatoms. The summed E-state index contributed by atoms with van der Waals surface area (Å²) in [4.78, 5) is 14.7. The lowest BCUT2D eigenvalue weighted by molar-refractivity contribution is 0.0953. The van der Waals surface area contributed by atoms with Gasteiger partial charge >= 0.3 is 0 Å². The second-order valence-corrected chi connectivity index (χ2v) is 6.07. The van der Waals surface area contributed by atoms with Gasteiger partial charge < -0.3 is 10.2 Å². The van der Waals surface area contributed by atoms with E-state index >= 15 is 0 Å². The van der Waals surface area contributed by atoms with Crippen LogP contribution >= 0.6 is 0 Å². The van der Waals surface area contributed by atoms with E-state index in [4.69, 9.17) is 0 Å². The van der Waals surface area contributed by atoms with Crippen LogP contribution in [-0.4, -0.2) is 37.0 Å². The Hall–Kier alpha value is -1.87. The smallest absolute Gasteiger partial charge is 0.251 e. The van der Waals surface area contributed by atoms with Crippen molar-refractivity contribution < 1.29 is 4.79 Å². The van der Waals surface area contributed by atoms with Crippen molar-refractivity contribution in [3.8, 4) is 0 Å². The van der Waals surface area contributed by atoms with Gasteiger partial charge in [-0.3, -0.25) is 4.79 Å². The lowest BCUT2D eigenvalue weighted by Gasteiger charge is -2.14. The van der Waals surface area contributed by atoms with Gasteiger partial charge in [-0.2, -0.15) is 0 Å². The first-order chi connectivity index (χ1) is 10.8. The summed E-state index contributed by atoms with van der Waals surface area (Å²) in [6.07, 6.45) is 4.91. The predicted octanol–water partition coefficient (Wildman–Crippen LogP) is 3.45. The number of hydrogen-bond acceptors (Lipinski definition) is 2. The van der Waals surface area contributed by atoms with Gasteiger partial charge in [0, 0.05) is 12.1 Å². The van der Waals surface area contributed by atoms with Crippen LogP contribution in [0.5, 0.6) is 0 Å². The summed E-state index contributed by atoms with van der Waals surface area (Å²) < 4.78 is 0. The zero-order chi connectivity index (χ0) is 15.2. The first-order valence-electron chi connectivity index (χ1n) is 8.32. The summed E-state index contributed by atoms with van der Waals surface area (Å²) in [5, 5.41) is 5.32. The number of amides is 1. The molecule has 1 amide bonds. The van der Waals surface area contributed by atoms with Crippen LogP contribution in [0, 0.1) is 0 Å². The zero-order valence-corrected chi connectivity index (χ0v) is 13.1. The van der Waals surface area contributed by atoms with Crippen molar-refractivity contribution in [3.63, 3.8) is 0 Å². The third-order valence-corrected chi connectivity index (χ3v) is 4.40. The minimum Gasteiger partial charge on any atom is -0.352 e. The van der Waals surface area contributed by atoms with Crippen molar-refractivity contribution in [2.75, 3.05) is 26.2 Å². The summed E-state index contributed by atoms with van der Waals surface area (Å²) >= 11 is 0. The van der Waals surface area contributed by atoms with Crippen molar-refractivity contribution in [2.45, 2.75) is 25.7 Å². The lowest BCUT2D eigenvalue weighted by Crippen LogP contribution is -2.26. The van der Waals surface area contributed by atoms with Crippen molar-refractivity contribution in [2.24, 2.45) is 0 Å². The Kier molecular flexibility index (Phi) is 5.07.